The van der Waals surface area contributed by atoms with Gasteiger partial charge in [-0.1, -0.05) is 29.8 Å². The SMILES string of the molecule is Cc1cccc(-c2ccc(-c3cc4cnc(N[C@@H]5CCOC5)nc4n(CCCN)c3=O)c(Cl)c2)n1. The van der Waals surface area contributed by atoms with Crippen LogP contribution in [0.3, 0.4) is 0 Å². The summed E-state index contributed by atoms with van der Waals surface area (Å²) in [6, 6.07) is 13.5. The third kappa shape index (κ3) is 4.91. The Labute approximate surface area is 208 Å². The smallest absolute Gasteiger partial charge is 0.260 e. The van der Waals surface area contributed by atoms with Gasteiger partial charge < -0.3 is 15.8 Å². The molecule has 4 aromatic rings. The molecule has 5 rings (SSSR count). The van der Waals surface area contributed by atoms with Gasteiger partial charge in [0, 0.05) is 52.1 Å². The molecule has 8 nitrogen and oxygen atoms in total. The van der Waals surface area contributed by atoms with Gasteiger partial charge in [0.2, 0.25) is 5.95 Å². The molecule has 4 heterocycles. The van der Waals surface area contributed by atoms with Crippen LogP contribution in [0, 0.1) is 6.92 Å². The molecule has 35 heavy (non-hydrogen) atoms. The Bertz CT molecular complexity index is 1430. The summed E-state index contributed by atoms with van der Waals surface area (Å²) in [4.78, 5) is 27.4. The van der Waals surface area contributed by atoms with Crippen LogP contribution in [0.2, 0.25) is 5.02 Å². The number of nitrogens with one attached hydrogen (secondary N) is 1. The number of benzene rings is 1. The van der Waals surface area contributed by atoms with Gasteiger partial charge >= 0.3 is 0 Å². The fraction of sp³-hybridized carbons (Fsp3) is 0.308. The lowest BCUT2D eigenvalue weighted by Crippen LogP contribution is -2.25. The van der Waals surface area contributed by atoms with Crippen LogP contribution >= 0.6 is 11.6 Å². The number of hydrogen-bond donors (Lipinski definition) is 2. The summed E-state index contributed by atoms with van der Waals surface area (Å²) in [6.45, 7) is 4.20. The topological polar surface area (TPSA) is 108 Å². The van der Waals surface area contributed by atoms with Gasteiger partial charge in [-0.15, -0.1) is 0 Å². The van der Waals surface area contributed by atoms with Gasteiger partial charge in [-0.2, -0.15) is 4.98 Å². The Morgan fingerprint density at radius 2 is 2.09 bits per heavy atom. The molecular formula is C26H27ClN6O2. The predicted octanol–water partition coefficient (Wildman–Crippen LogP) is 4.03. The summed E-state index contributed by atoms with van der Waals surface area (Å²) < 4.78 is 7.10. The van der Waals surface area contributed by atoms with Crippen molar-refractivity contribution < 1.29 is 4.74 Å². The van der Waals surface area contributed by atoms with E-state index in [1.165, 1.54) is 0 Å². The molecule has 3 N–H and O–H groups in total. The van der Waals surface area contributed by atoms with Gasteiger partial charge in [0.1, 0.15) is 5.65 Å². The molecule has 0 radical (unpaired) electrons. The van der Waals surface area contributed by atoms with Crippen molar-refractivity contribution in [2.24, 2.45) is 5.73 Å². The van der Waals surface area contributed by atoms with E-state index in [9.17, 15) is 4.79 Å². The molecule has 0 spiro atoms. The number of hydrogen-bond acceptors (Lipinski definition) is 7. The van der Waals surface area contributed by atoms with Gasteiger partial charge in [-0.25, -0.2) is 4.98 Å². The number of nitrogens with zero attached hydrogens (tertiary/aromatic N) is 4. The van der Waals surface area contributed by atoms with E-state index in [0.29, 0.717) is 53.9 Å². The van der Waals surface area contributed by atoms with Gasteiger partial charge in [0.25, 0.3) is 5.56 Å². The van der Waals surface area contributed by atoms with Crippen LogP contribution in [0.25, 0.3) is 33.4 Å². The number of pyridine rings is 2. The monoisotopic (exact) mass is 490 g/mol. The number of nitrogens with two attached hydrogens (primary N) is 1. The normalized spacial score (nSPS) is 15.6. The van der Waals surface area contributed by atoms with E-state index in [0.717, 1.165) is 35.4 Å². The maximum Gasteiger partial charge on any atom is 0.260 e. The van der Waals surface area contributed by atoms with Crippen molar-refractivity contribution >= 4 is 28.6 Å². The number of halogens is 1. The summed E-state index contributed by atoms with van der Waals surface area (Å²) in [5.74, 6) is 0.481. The zero-order valence-corrected chi connectivity index (χ0v) is 20.3. The second-order valence-electron chi connectivity index (χ2n) is 8.69. The lowest BCUT2D eigenvalue weighted by molar-refractivity contribution is 0.195. The van der Waals surface area contributed by atoms with Crippen molar-refractivity contribution in [3.05, 3.63) is 69.7 Å². The van der Waals surface area contributed by atoms with E-state index < -0.39 is 0 Å². The van der Waals surface area contributed by atoms with Gasteiger partial charge in [0.05, 0.1) is 18.3 Å². The average Bonchev–Trinajstić information content (AvgIpc) is 3.36. The van der Waals surface area contributed by atoms with E-state index in [-0.39, 0.29) is 11.6 Å². The number of anilines is 1. The molecule has 0 aliphatic carbocycles. The molecule has 0 saturated carbocycles. The molecule has 0 amide bonds. The van der Waals surface area contributed by atoms with Gasteiger partial charge in [-0.05, 0) is 50.6 Å². The van der Waals surface area contributed by atoms with Crippen LogP contribution in [-0.2, 0) is 11.3 Å². The molecule has 1 fully saturated rings. The molecule has 1 aliphatic rings. The lowest BCUT2D eigenvalue weighted by atomic mass is 10.0. The maximum atomic E-state index is 13.6. The first-order valence-electron chi connectivity index (χ1n) is 11.7. The summed E-state index contributed by atoms with van der Waals surface area (Å²) in [6.07, 6.45) is 3.28. The third-order valence-electron chi connectivity index (χ3n) is 6.12. The van der Waals surface area contributed by atoms with Crippen LogP contribution in [0.15, 0.2) is 53.5 Å². The van der Waals surface area contributed by atoms with E-state index in [4.69, 9.17) is 22.1 Å². The minimum absolute atomic E-state index is 0.163. The number of rotatable bonds is 7. The highest BCUT2D eigenvalue weighted by molar-refractivity contribution is 6.33. The highest BCUT2D eigenvalue weighted by Crippen LogP contribution is 2.31. The van der Waals surface area contributed by atoms with Crippen LogP contribution in [0.4, 0.5) is 5.95 Å². The number of aryl methyl sites for hydroxylation is 2. The number of ether oxygens (including phenoxy) is 1. The first-order chi connectivity index (χ1) is 17.0. The molecule has 0 bridgehead atoms. The Morgan fingerprint density at radius 3 is 2.83 bits per heavy atom. The number of fused-ring (bicyclic) bond motifs is 1. The standard InChI is InChI=1S/C26H27ClN6O2/c1-16-4-2-5-23(30-16)17-6-7-20(22(27)13-17)21-12-18-14-29-26(31-19-8-11-35-15-19)32-24(18)33(25(21)34)10-3-9-28/h2,4-7,12-14,19H,3,8-11,15,28H2,1H3,(H,29,31,32)/t19-/m1/s1. The van der Waals surface area contributed by atoms with E-state index in [1.54, 1.807) is 10.8 Å². The molecule has 1 saturated heterocycles. The molecule has 1 aliphatic heterocycles. The third-order valence-corrected chi connectivity index (χ3v) is 6.43. The summed E-state index contributed by atoms with van der Waals surface area (Å²) >= 11 is 6.70. The zero-order chi connectivity index (χ0) is 24.4. The van der Waals surface area contributed by atoms with Crippen molar-refractivity contribution in [2.45, 2.75) is 32.4 Å². The summed E-state index contributed by atoms with van der Waals surface area (Å²) in [7, 11) is 0. The molecule has 0 unspecified atom stereocenters. The van der Waals surface area contributed by atoms with Crippen molar-refractivity contribution in [1.82, 2.24) is 19.5 Å². The average molecular weight is 491 g/mol. The van der Waals surface area contributed by atoms with Crippen LogP contribution < -0.4 is 16.6 Å². The van der Waals surface area contributed by atoms with E-state index in [1.807, 2.05) is 49.4 Å². The molecule has 180 valence electrons. The first kappa shape index (κ1) is 23.4. The second-order valence-corrected chi connectivity index (χ2v) is 9.10. The summed E-state index contributed by atoms with van der Waals surface area (Å²) in [5.41, 5.74) is 9.97. The first-order valence-corrected chi connectivity index (χ1v) is 12.1. The van der Waals surface area contributed by atoms with Crippen molar-refractivity contribution in [3.8, 4) is 22.4 Å². The second kappa shape index (κ2) is 10.1. The Balaban J connectivity index is 1.58. The van der Waals surface area contributed by atoms with Gasteiger partial charge in [0.15, 0.2) is 0 Å². The van der Waals surface area contributed by atoms with Crippen LogP contribution in [0.5, 0.6) is 0 Å². The van der Waals surface area contributed by atoms with Crippen molar-refractivity contribution in [3.63, 3.8) is 0 Å². The quantitative estimate of drug-likeness (QED) is 0.402. The van der Waals surface area contributed by atoms with E-state index in [2.05, 4.69) is 20.3 Å². The summed E-state index contributed by atoms with van der Waals surface area (Å²) in [5, 5.41) is 4.54. The van der Waals surface area contributed by atoms with E-state index >= 15 is 0 Å². The lowest BCUT2D eigenvalue weighted by Gasteiger charge is -2.15. The molecule has 3 aromatic heterocycles. The van der Waals surface area contributed by atoms with Crippen LogP contribution in [0.1, 0.15) is 18.5 Å². The molecule has 9 heteroatoms. The minimum Gasteiger partial charge on any atom is -0.379 e. The van der Waals surface area contributed by atoms with Gasteiger partial charge in [-0.3, -0.25) is 14.3 Å². The molecular weight excluding hydrogens is 464 g/mol. The van der Waals surface area contributed by atoms with Crippen LogP contribution in [-0.4, -0.2) is 45.3 Å². The highest BCUT2D eigenvalue weighted by Gasteiger charge is 2.19. The Morgan fingerprint density at radius 1 is 1.20 bits per heavy atom. The van der Waals surface area contributed by atoms with Crippen molar-refractivity contribution in [2.75, 3.05) is 25.1 Å². The Kier molecular flexibility index (Phi) is 6.77. The largest absolute Gasteiger partial charge is 0.379 e. The number of aromatic nitrogens is 4. The molecule has 1 aromatic carbocycles. The minimum atomic E-state index is -0.164. The zero-order valence-electron chi connectivity index (χ0n) is 19.5. The fourth-order valence-corrected chi connectivity index (χ4v) is 4.59. The maximum absolute atomic E-state index is 13.6. The molecule has 1 atom stereocenters. The van der Waals surface area contributed by atoms with Crippen molar-refractivity contribution in [1.29, 1.82) is 0 Å². The Hall–Kier alpha value is -3.33. The highest BCUT2D eigenvalue weighted by atomic mass is 35.5. The predicted molar refractivity (Wildman–Crippen MR) is 139 cm³/mol. The fourth-order valence-electron chi connectivity index (χ4n) is 4.31.